The van der Waals surface area contributed by atoms with E-state index in [0.29, 0.717) is 23.4 Å². The van der Waals surface area contributed by atoms with Gasteiger partial charge in [-0.05, 0) is 61.9 Å². The van der Waals surface area contributed by atoms with Gasteiger partial charge in [-0.25, -0.2) is 4.99 Å². The molecule has 0 fully saturated rings. The lowest BCUT2D eigenvalue weighted by Gasteiger charge is -2.06. The number of guanidine groups is 1. The second-order valence-corrected chi connectivity index (χ2v) is 6.36. The minimum absolute atomic E-state index is 0.0191. The monoisotopic (exact) mass is 378 g/mol. The summed E-state index contributed by atoms with van der Waals surface area (Å²) in [7, 11) is 0. The van der Waals surface area contributed by atoms with Crippen LogP contribution in [0.4, 0.5) is 5.69 Å². The summed E-state index contributed by atoms with van der Waals surface area (Å²) < 4.78 is 5.52. The molecule has 1 aromatic heterocycles. The Morgan fingerprint density at radius 3 is 2.39 bits per heavy atom. The number of fused-ring (bicyclic) bond motifs is 1. The average Bonchev–Trinajstić information content (AvgIpc) is 3.05. The van der Waals surface area contributed by atoms with E-state index in [0.717, 1.165) is 23.2 Å². The number of nitrogens with zero attached hydrogens (tertiary/aromatic N) is 1. The molecule has 0 unspecified atom stereocenters. The van der Waals surface area contributed by atoms with Crippen molar-refractivity contribution in [3.63, 3.8) is 0 Å². The van der Waals surface area contributed by atoms with Gasteiger partial charge in [-0.1, -0.05) is 6.92 Å². The van der Waals surface area contributed by atoms with Crippen LogP contribution in [0.1, 0.15) is 39.8 Å². The summed E-state index contributed by atoms with van der Waals surface area (Å²) in [5, 5.41) is 6.24. The summed E-state index contributed by atoms with van der Waals surface area (Å²) in [6.07, 6.45) is 0.859. The highest BCUT2D eigenvalue weighted by molar-refractivity contribution is 6.06. The minimum atomic E-state index is -0.401. The summed E-state index contributed by atoms with van der Waals surface area (Å²) in [5.74, 6) is 0.223. The molecule has 0 saturated carbocycles. The van der Waals surface area contributed by atoms with Gasteiger partial charge >= 0.3 is 0 Å². The summed E-state index contributed by atoms with van der Waals surface area (Å²) in [4.78, 5) is 28.4. The molecule has 144 valence electrons. The molecule has 7 heteroatoms. The SMILES string of the molecule is CCCNC(=O)c1ccc(C(=O)NC(N)=Nc2ccc3oc(C)cc3c2)cc1. The zero-order valence-corrected chi connectivity index (χ0v) is 15.8. The van der Waals surface area contributed by atoms with E-state index in [1.807, 2.05) is 26.0 Å². The van der Waals surface area contributed by atoms with E-state index in [-0.39, 0.29) is 11.9 Å². The number of carbonyl (C=O) groups is 2. The molecule has 7 nitrogen and oxygen atoms in total. The van der Waals surface area contributed by atoms with Crippen molar-refractivity contribution in [1.82, 2.24) is 10.6 Å². The standard InChI is InChI=1S/C21H22N4O3/c1-3-10-23-19(26)14-4-6-15(7-5-14)20(27)25-21(22)24-17-8-9-18-16(12-17)11-13(2)28-18/h4-9,11-12H,3,10H2,1-2H3,(H,23,26)(H3,22,24,25,27). The molecule has 0 bridgehead atoms. The van der Waals surface area contributed by atoms with Crippen molar-refractivity contribution in [1.29, 1.82) is 0 Å². The first kappa shape index (κ1) is 19.2. The molecule has 0 radical (unpaired) electrons. The van der Waals surface area contributed by atoms with E-state index in [1.54, 1.807) is 36.4 Å². The van der Waals surface area contributed by atoms with Crippen molar-refractivity contribution in [3.8, 4) is 0 Å². The van der Waals surface area contributed by atoms with Crippen molar-refractivity contribution in [2.45, 2.75) is 20.3 Å². The molecule has 2 aromatic carbocycles. The topological polar surface area (TPSA) is 110 Å². The minimum Gasteiger partial charge on any atom is -0.461 e. The molecule has 0 spiro atoms. The van der Waals surface area contributed by atoms with Crippen LogP contribution < -0.4 is 16.4 Å². The van der Waals surface area contributed by atoms with Gasteiger partial charge in [0.25, 0.3) is 11.8 Å². The van der Waals surface area contributed by atoms with Crippen LogP contribution in [0.3, 0.4) is 0 Å². The normalized spacial score (nSPS) is 11.4. The number of rotatable bonds is 5. The molecule has 0 atom stereocenters. The molecule has 3 rings (SSSR count). The lowest BCUT2D eigenvalue weighted by molar-refractivity contribution is 0.0948. The second kappa shape index (κ2) is 8.39. The number of nitrogens with two attached hydrogens (primary N) is 1. The predicted octanol–water partition coefficient (Wildman–Crippen LogP) is 3.26. The van der Waals surface area contributed by atoms with Gasteiger partial charge in [0.15, 0.2) is 0 Å². The van der Waals surface area contributed by atoms with Gasteiger partial charge in [0.2, 0.25) is 5.96 Å². The fourth-order valence-electron chi connectivity index (χ4n) is 2.70. The van der Waals surface area contributed by atoms with Gasteiger partial charge in [0.05, 0.1) is 5.69 Å². The number of carbonyl (C=O) groups excluding carboxylic acids is 2. The molecule has 3 aromatic rings. The Bertz CT molecular complexity index is 1040. The Hall–Kier alpha value is -3.61. The number of nitrogens with one attached hydrogen (secondary N) is 2. The Morgan fingerprint density at radius 2 is 1.71 bits per heavy atom. The molecular weight excluding hydrogens is 356 g/mol. The molecule has 4 N–H and O–H groups in total. The van der Waals surface area contributed by atoms with Gasteiger partial charge in [0, 0.05) is 23.1 Å². The maximum absolute atomic E-state index is 12.3. The molecule has 2 amide bonds. The molecule has 1 heterocycles. The molecule has 0 aliphatic rings. The van der Waals surface area contributed by atoms with Crippen molar-refractivity contribution < 1.29 is 14.0 Å². The third-order valence-electron chi connectivity index (χ3n) is 4.06. The van der Waals surface area contributed by atoms with Gasteiger partial charge in [-0.15, -0.1) is 0 Å². The summed E-state index contributed by atoms with van der Waals surface area (Å²) in [5.41, 5.74) is 8.10. The summed E-state index contributed by atoms with van der Waals surface area (Å²) in [6.45, 7) is 4.46. The van der Waals surface area contributed by atoms with Crippen LogP contribution in [0.25, 0.3) is 11.0 Å². The molecular formula is C21H22N4O3. The van der Waals surface area contributed by atoms with Crippen LogP contribution in [0.5, 0.6) is 0 Å². The van der Waals surface area contributed by atoms with E-state index in [9.17, 15) is 9.59 Å². The first-order chi connectivity index (χ1) is 13.5. The molecule has 28 heavy (non-hydrogen) atoms. The fourth-order valence-corrected chi connectivity index (χ4v) is 2.70. The third-order valence-corrected chi connectivity index (χ3v) is 4.06. The third kappa shape index (κ3) is 4.56. The van der Waals surface area contributed by atoms with E-state index < -0.39 is 5.91 Å². The maximum Gasteiger partial charge on any atom is 0.257 e. The Kier molecular flexibility index (Phi) is 5.74. The van der Waals surface area contributed by atoms with E-state index in [1.165, 1.54) is 0 Å². The summed E-state index contributed by atoms with van der Waals surface area (Å²) in [6, 6.07) is 13.6. The highest BCUT2D eigenvalue weighted by atomic mass is 16.3. The van der Waals surface area contributed by atoms with Crippen molar-refractivity contribution in [2.75, 3.05) is 6.54 Å². The number of amides is 2. The van der Waals surface area contributed by atoms with E-state index in [2.05, 4.69) is 15.6 Å². The molecule has 0 aliphatic heterocycles. The number of aryl methyl sites for hydroxylation is 1. The molecule has 0 saturated heterocycles. The second-order valence-electron chi connectivity index (χ2n) is 6.36. The van der Waals surface area contributed by atoms with Crippen LogP contribution in [0.2, 0.25) is 0 Å². The number of benzene rings is 2. The zero-order valence-electron chi connectivity index (χ0n) is 15.8. The first-order valence-corrected chi connectivity index (χ1v) is 9.00. The highest BCUT2D eigenvalue weighted by Gasteiger charge is 2.10. The number of furan rings is 1. The lowest BCUT2D eigenvalue weighted by atomic mass is 10.1. The van der Waals surface area contributed by atoms with E-state index in [4.69, 9.17) is 10.2 Å². The fraction of sp³-hybridized carbons (Fsp3) is 0.190. The number of aliphatic imine (C=N–C) groups is 1. The van der Waals surface area contributed by atoms with Gasteiger partial charge in [0.1, 0.15) is 11.3 Å². The van der Waals surface area contributed by atoms with Crippen LogP contribution in [0.15, 0.2) is 57.9 Å². The first-order valence-electron chi connectivity index (χ1n) is 9.00. The summed E-state index contributed by atoms with van der Waals surface area (Å²) >= 11 is 0. The van der Waals surface area contributed by atoms with Gasteiger partial charge in [-0.3, -0.25) is 14.9 Å². The Balaban J connectivity index is 1.67. The largest absolute Gasteiger partial charge is 0.461 e. The average molecular weight is 378 g/mol. The quantitative estimate of drug-likeness (QED) is 0.467. The maximum atomic E-state index is 12.3. The van der Waals surface area contributed by atoms with Gasteiger partial charge < -0.3 is 15.5 Å². The smallest absolute Gasteiger partial charge is 0.257 e. The van der Waals surface area contributed by atoms with Crippen molar-refractivity contribution in [3.05, 3.63) is 65.4 Å². The predicted molar refractivity (Wildman–Crippen MR) is 109 cm³/mol. The van der Waals surface area contributed by atoms with E-state index >= 15 is 0 Å². The lowest BCUT2D eigenvalue weighted by Crippen LogP contribution is -2.36. The number of hydrogen-bond donors (Lipinski definition) is 3. The Labute approximate surface area is 162 Å². The molecule has 0 aliphatic carbocycles. The van der Waals surface area contributed by atoms with Crippen LogP contribution in [-0.4, -0.2) is 24.3 Å². The van der Waals surface area contributed by atoms with Crippen LogP contribution in [0, 0.1) is 6.92 Å². The zero-order chi connectivity index (χ0) is 20.1. The van der Waals surface area contributed by atoms with Crippen LogP contribution >= 0.6 is 0 Å². The van der Waals surface area contributed by atoms with Crippen LogP contribution in [-0.2, 0) is 0 Å². The Morgan fingerprint density at radius 1 is 1.04 bits per heavy atom. The van der Waals surface area contributed by atoms with Crippen molar-refractivity contribution in [2.24, 2.45) is 10.7 Å². The van der Waals surface area contributed by atoms with Gasteiger partial charge in [-0.2, -0.15) is 0 Å². The number of hydrogen-bond acceptors (Lipinski definition) is 4. The van der Waals surface area contributed by atoms with Crippen molar-refractivity contribution >= 4 is 34.4 Å². The highest BCUT2D eigenvalue weighted by Crippen LogP contribution is 2.24.